The molecule has 0 aliphatic heterocycles. The predicted molar refractivity (Wildman–Crippen MR) is 155 cm³/mol. The first-order valence-electron chi connectivity index (χ1n) is 16.2. The van der Waals surface area contributed by atoms with Gasteiger partial charge in [0.15, 0.2) is 0 Å². The topological polar surface area (TPSA) is 32.3 Å². The fraction of sp³-hybridized carbons (Fsp3) is 1.00. The molecule has 0 aliphatic carbocycles. The minimum absolute atomic E-state index is 0.371. The van der Waals surface area contributed by atoms with Crippen molar-refractivity contribution in [2.45, 2.75) is 187 Å². The van der Waals surface area contributed by atoms with Crippen LogP contribution >= 0.6 is 0 Å². The summed E-state index contributed by atoms with van der Waals surface area (Å²) in [6, 6.07) is 0. The number of hydrogen-bond acceptors (Lipinski definition) is 2. The van der Waals surface area contributed by atoms with Crippen LogP contribution in [-0.4, -0.2) is 24.8 Å². The molecule has 0 aromatic heterocycles. The third-order valence-electron chi connectivity index (χ3n) is 7.47. The van der Waals surface area contributed by atoms with Gasteiger partial charge in [0.1, 0.15) is 0 Å². The fourth-order valence-electron chi connectivity index (χ4n) is 5.05. The zero-order valence-corrected chi connectivity index (χ0v) is 23.9. The summed E-state index contributed by atoms with van der Waals surface area (Å²) in [5, 5.41) is 12.4. The van der Waals surface area contributed by atoms with Gasteiger partial charge in [-0.2, -0.15) is 0 Å². The quantitative estimate of drug-likeness (QED) is 0.0965. The molecule has 0 aromatic rings. The third-order valence-corrected chi connectivity index (χ3v) is 7.47. The van der Waals surface area contributed by atoms with Crippen LogP contribution in [-0.2, 0) is 0 Å². The lowest BCUT2D eigenvalue weighted by Gasteiger charge is -2.06. The van der Waals surface area contributed by atoms with E-state index in [-0.39, 0.29) is 0 Å². The second-order valence-corrected chi connectivity index (χ2v) is 11.0. The first kappa shape index (κ1) is 33.9. The van der Waals surface area contributed by atoms with Gasteiger partial charge in [-0.3, -0.25) is 0 Å². The van der Waals surface area contributed by atoms with Gasteiger partial charge < -0.3 is 10.4 Å². The highest BCUT2D eigenvalue weighted by Crippen LogP contribution is 2.14. The van der Waals surface area contributed by atoms with Crippen LogP contribution in [0.2, 0.25) is 0 Å². The van der Waals surface area contributed by atoms with E-state index < -0.39 is 0 Å². The van der Waals surface area contributed by atoms with E-state index in [1.807, 2.05) is 0 Å². The predicted octanol–water partition coefficient (Wildman–Crippen LogP) is 10.5. The van der Waals surface area contributed by atoms with Crippen molar-refractivity contribution < 1.29 is 5.11 Å². The second-order valence-electron chi connectivity index (χ2n) is 11.0. The summed E-state index contributed by atoms with van der Waals surface area (Å²) in [6.07, 6.45) is 39.4. The Morgan fingerprint density at radius 2 is 0.559 bits per heavy atom. The second kappa shape index (κ2) is 32.9. The Bertz CT molecular complexity index is 301. The molecule has 0 atom stereocenters. The standard InChI is InChI=1S/C32H67NO/c1-2-3-4-5-6-7-8-9-12-15-18-21-24-27-30-33-31-28-25-22-19-16-13-10-11-14-17-20-23-26-29-32-34/h33-34H,2-32H2,1H3. The minimum Gasteiger partial charge on any atom is -0.396 e. The van der Waals surface area contributed by atoms with Gasteiger partial charge in [-0.25, -0.2) is 0 Å². The molecule has 0 amide bonds. The maximum absolute atomic E-state index is 8.77. The summed E-state index contributed by atoms with van der Waals surface area (Å²) in [5.41, 5.74) is 0. The summed E-state index contributed by atoms with van der Waals surface area (Å²) < 4.78 is 0. The van der Waals surface area contributed by atoms with Gasteiger partial charge in [0, 0.05) is 6.61 Å². The van der Waals surface area contributed by atoms with Gasteiger partial charge in [-0.15, -0.1) is 0 Å². The Morgan fingerprint density at radius 3 is 0.824 bits per heavy atom. The lowest BCUT2D eigenvalue weighted by atomic mass is 10.0. The zero-order valence-electron chi connectivity index (χ0n) is 23.9. The summed E-state index contributed by atoms with van der Waals surface area (Å²) in [4.78, 5) is 0. The molecule has 2 nitrogen and oxygen atoms in total. The Kier molecular flexibility index (Phi) is 32.8. The normalized spacial score (nSPS) is 11.5. The molecular formula is C32H67NO. The number of aliphatic hydroxyl groups excluding tert-OH is 1. The molecule has 0 aliphatic rings. The van der Waals surface area contributed by atoms with E-state index in [0.29, 0.717) is 6.61 Å². The van der Waals surface area contributed by atoms with Gasteiger partial charge in [0.25, 0.3) is 0 Å². The number of hydrogen-bond donors (Lipinski definition) is 2. The number of nitrogens with one attached hydrogen (secondary N) is 1. The van der Waals surface area contributed by atoms with Crippen LogP contribution in [0.25, 0.3) is 0 Å². The van der Waals surface area contributed by atoms with E-state index in [9.17, 15) is 0 Å². The molecule has 0 heterocycles. The van der Waals surface area contributed by atoms with Crippen molar-refractivity contribution in [2.24, 2.45) is 0 Å². The molecule has 0 saturated heterocycles. The highest BCUT2D eigenvalue weighted by molar-refractivity contribution is 4.53. The average Bonchev–Trinajstić information content (AvgIpc) is 2.85. The molecular weight excluding hydrogens is 414 g/mol. The molecule has 206 valence electrons. The molecule has 0 unspecified atom stereocenters. The van der Waals surface area contributed by atoms with Crippen LogP contribution in [0, 0.1) is 0 Å². The molecule has 2 heteroatoms. The van der Waals surface area contributed by atoms with Gasteiger partial charge in [-0.1, -0.05) is 167 Å². The third kappa shape index (κ3) is 31.9. The maximum atomic E-state index is 8.77. The molecule has 0 aromatic carbocycles. The summed E-state index contributed by atoms with van der Waals surface area (Å²) >= 11 is 0. The van der Waals surface area contributed by atoms with E-state index in [4.69, 9.17) is 5.11 Å². The molecule has 34 heavy (non-hydrogen) atoms. The Balaban J connectivity index is 2.99. The van der Waals surface area contributed by atoms with Crippen molar-refractivity contribution in [3.63, 3.8) is 0 Å². The first-order valence-corrected chi connectivity index (χ1v) is 16.2. The van der Waals surface area contributed by atoms with Crippen molar-refractivity contribution in [1.82, 2.24) is 5.32 Å². The van der Waals surface area contributed by atoms with Crippen molar-refractivity contribution in [3.8, 4) is 0 Å². The Labute approximate surface area is 216 Å². The lowest BCUT2D eigenvalue weighted by Crippen LogP contribution is -2.16. The number of aliphatic hydroxyl groups is 1. The number of rotatable bonds is 31. The van der Waals surface area contributed by atoms with Gasteiger partial charge >= 0.3 is 0 Å². The van der Waals surface area contributed by atoms with Gasteiger partial charge in [-0.05, 0) is 32.4 Å². The van der Waals surface area contributed by atoms with Crippen LogP contribution in [0.5, 0.6) is 0 Å². The van der Waals surface area contributed by atoms with E-state index in [1.54, 1.807) is 0 Å². The van der Waals surface area contributed by atoms with Crippen LogP contribution in [0.15, 0.2) is 0 Å². The minimum atomic E-state index is 0.371. The van der Waals surface area contributed by atoms with Crippen LogP contribution in [0.4, 0.5) is 0 Å². The molecule has 0 spiro atoms. The number of unbranched alkanes of at least 4 members (excludes halogenated alkanes) is 26. The molecule has 0 radical (unpaired) electrons. The fourth-order valence-corrected chi connectivity index (χ4v) is 5.05. The van der Waals surface area contributed by atoms with Crippen molar-refractivity contribution in [1.29, 1.82) is 0 Å². The largest absolute Gasteiger partial charge is 0.396 e. The highest BCUT2D eigenvalue weighted by Gasteiger charge is 1.96. The van der Waals surface area contributed by atoms with Crippen molar-refractivity contribution in [2.75, 3.05) is 19.7 Å². The van der Waals surface area contributed by atoms with Crippen molar-refractivity contribution in [3.05, 3.63) is 0 Å². The van der Waals surface area contributed by atoms with E-state index in [2.05, 4.69) is 12.2 Å². The monoisotopic (exact) mass is 482 g/mol. The summed E-state index contributed by atoms with van der Waals surface area (Å²) in [7, 11) is 0. The van der Waals surface area contributed by atoms with Crippen molar-refractivity contribution >= 4 is 0 Å². The Morgan fingerprint density at radius 1 is 0.324 bits per heavy atom. The average molecular weight is 482 g/mol. The smallest absolute Gasteiger partial charge is 0.0431 e. The molecule has 0 saturated carbocycles. The molecule has 0 fully saturated rings. The molecule has 0 rings (SSSR count). The SMILES string of the molecule is CCCCCCCCCCCCCCCCNCCCCCCCCCCCCCCCCO. The first-order chi connectivity index (χ1) is 16.9. The van der Waals surface area contributed by atoms with E-state index in [1.165, 1.54) is 186 Å². The molecule has 0 bridgehead atoms. The van der Waals surface area contributed by atoms with Crippen LogP contribution in [0.3, 0.4) is 0 Å². The van der Waals surface area contributed by atoms with E-state index >= 15 is 0 Å². The lowest BCUT2D eigenvalue weighted by molar-refractivity contribution is 0.282. The summed E-state index contributed by atoms with van der Waals surface area (Å²) in [6.45, 7) is 5.14. The Hall–Kier alpha value is -0.0800. The molecule has 2 N–H and O–H groups in total. The highest BCUT2D eigenvalue weighted by atomic mass is 16.2. The summed E-state index contributed by atoms with van der Waals surface area (Å²) in [5.74, 6) is 0. The van der Waals surface area contributed by atoms with E-state index in [0.717, 1.165) is 6.42 Å². The van der Waals surface area contributed by atoms with Crippen LogP contribution < -0.4 is 5.32 Å². The van der Waals surface area contributed by atoms with Gasteiger partial charge in [0.05, 0.1) is 0 Å². The maximum Gasteiger partial charge on any atom is 0.0431 e. The zero-order chi connectivity index (χ0) is 24.6. The van der Waals surface area contributed by atoms with Crippen LogP contribution in [0.1, 0.15) is 187 Å². The van der Waals surface area contributed by atoms with Gasteiger partial charge in [0.2, 0.25) is 0 Å².